The molecule has 0 aromatic heterocycles. The highest BCUT2D eigenvalue weighted by Crippen LogP contribution is 2.20. The highest BCUT2D eigenvalue weighted by molar-refractivity contribution is 9.10. The summed E-state index contributed by atoms with van der Waals surface area (Å²) in [5, 5.41) is 2.47. The van der Waals surface area contributed by atoms with Gasteiger partial charge in [0.1, 0.15) is 11.6 Å². The van der Waals surface area contributed by atoms with Gasteiger partial charge in [-0.3, -0.25) is 4.79 Å². The van der Waals surface area contributed by atoms with Crippen molar-refractivity contribution < 1.29 is 13.9 Å². The van der Waals surface area contributed by atoms with E-state index in [4.69, 9.17) is 4.74 Å². The minimum Gasteiger partial charge on any atom is -0.493 e. The van der Waals surface area contributed by atoms with Crippen molar-refractivity contribution in [1.82, 2.24) is 5.32 Å². The summed E-state index contributed by atoms with van der Waals surface area (Å²) in [5.74, 6) is -0.0736. The van der Waals surface area contributed by atoms with E-state index in [0.717, 1.165) is 0 Å². The van der Waals surface area contributed by atoms with E-state index < -0.39 is 0 Å². The summed E-state index contributed by atoms with van der Waals surface area (Å²) in [6, 6.07) is 4.26. The molecule has 0 saturated heterocycles. The zero-order valence-corrected chi connectivity index (χ0v) is 9.80. The Labute approximate surface area is 95.7 Å². The van der Waals surface area contributed by atoms with Crippen molar-refractivity contribution >= 4 is 21.8 Å². The van der Waals surface area contributed by atoms with Gasteiger partial charge in [0.15, 0.2) is 0 Å². The fraction of sp³-hybridized carbons (Fsp3) is 0.300. The normalized spacial score (nSPS) is 9.80. The molecule has 0 aliphatic heterocycles. The lowest BCUT2D eigenvalue weighted by Crippen LogP contribution is -2.20. The number of nitrogens with one attached hydrogen (secondary N) is 1. The van der Waals surface area contributed by atoms with Gasteiger partial charge in [-0.2, -0.15) is 0 Å². The van der Waals surface area contributed by atoms with Gasteiger partial charge in [-0.1, -0.05) is 15.9 Å². The molecule has 0 atom stereocenters. The number of hydrogen-bond acceptors (Lipinski definition) is 2. The van der Waals surface area contributed by atoms with Crippen LogP contribution in [0.1, 0.15) is 6.42 Å². The fourth-order valence-electron chi connectivity index (χ4n) is 0.998. The van der Waals surface area contributed by atoms with Crippen LogP contribution in [0.2, 0.25) is 0 Å². The number of carbonyl (C=O) groups excluding carboxylic acids is 1. The minimum absolute atomic E-state index is 0.106. The molecule has 1 N–H and O–H groups in total. The molecule has 82 valence electrons. The van der Waals surface area contributed by atoms with Gasteiger partial charge in [-0.25, -0.2) is 4.39 Å². The van der Waals surface area contributed by atoms with Crippen LogP contribution in [-0.2, 0) is 4.79 Å². The molecule has 1 amide bonds. The Balaban J connectivity index is 2.47. The van der Waals surface area contributed by atoms with Gasteiger partial charge < -0.3 is 10.1 Å². The molecule has 3 nitrogen and oxygen atoms in total. The SMILES string of the molecule is CNC(=O)CCOc1cc(F)cc(Br)c1. The molecule has 1 aromatic rings. The average molecular weight is 276 g/mol. The van der Waals surface area contributed by atoms with Crippen LogP contribution in [-0.4, -0.2) is 19.6 Å². The van der Waals surface area contributed by atoms with E-state index >= 15 is 0 Å². The fourth-order valence-corrected chi connectivity index (χ4v) is 1.44. The Bertz CT molecular complexity index is 337. The largest absolute Gasteiger partial charge is 0.493 e. The summed E-state index contributed by atoms with van der Waals surface area (Å²) in [7, 11) is 1.56. The third-order valence-electron chi connectivity index (χ3n) is 1.71. The van der Waals surface area contributed by atoms with Crippen molar-refractivity contribution in [2.45, 2.75) is 6.42 Å². The number of benzene rings is 1. The summed E-state index contributed by atoms with van der Waals surface area (Å²) in [6.07, 6.45) is 0.255. The van der Waals surface area contributed by atoms with Gasteiger partial charge >= 0.3 is 0 Å². The maximum atomic E-state index is 12.9. The standard InChI is InChI=1S/C10H11BrFNO2/c1-13-10(14)2-3-15-9-5-7(11)4-8(12)6-9/h4-6H,2-3H2,1H3,(H,13,14). The van der Waals surface area contributed by atoms with Crippen LogP contribution in [0.15, 0.2) is 22.7 Å². The first kappa shape index (κ1) is 12.0. The molecule has 0 unspecified atom stereocenters. The number of hydrogen-bond donors (Lipinski definition) is 1. The van der Waals surface area contributed by atoms with E-state index in [9.17, 15) is 9.18 Å². The summed E-state index contributed by atoms with van der Waals surface area (Å²) in [5.41, 5.74) is 0. The van der Waals surface area contributed by atoms with Crippen LogP contribution in [0.3, 0.4) is 0 Å². The molecule has 0 fully saturated rings. The summed E-state index contributed by atoms with van der Waals surface area (Å²) in [6.45, 7) is 0.232. The summed E-state index contributed by atoms with van der Waals surface area (Å²) < 4.78 is 18.7. The first-order valence-corrected chi connectivity index (χ1v) is 5.20. The van der Waals surface area contributed by atoms with E-state index in [2.05, 4.69) is 21.2 Å². The van der Waals surface area contributed by atoms with Crippen molar-refractivity contribution in [1.29, 1.82) is 0 Å². The monoisotopic (exact) mass is 275 g/mol. The molecule has 0 heterocycles. The van der Waals surface area contributed by atoms with Crippen molar-refractivity contribution in [3.8, 4) is 5.75 Å². The molecule has 0 spiro atoms. The van der Waals surface area contributed by atoms with Crippen LogP contribution in [0.25, 0.3) is 0 Å². The molecule has 1 aromatic carbocycles. The number of amides is 1. The average Bonchev–Trinajstić information content (AvgIpc) is 2.16. The van der Waals surface area contributed by atoms with Crippen molar-refractivity contribution in [2.75, 3.05) is 13.7 Å². The zero-order chi connectivity index (χ0) is 11.3. The van der Waals surface area contributed by atoms with Crippen molar-refractivity contribution in [3.63, 3.8) is 0 Å². The first-order chi connectivity index (χ1) is 7.11. The van der Waals surface area contributed by atoms with Crippen LogP contribution in [0.4, 0.5) is 4.39 Å². The van der Waals surface area contributed by atoms with E-state index in [1.165, 1.54) is 12.1 Å². The van der Waals surface area contributed by atoms with Crippen molar-refractivity contribution in [3.05, 3.63) is 28.5 Å². The molecule has 0 radical (unpaired) electrons. The van der Waals surface area contributed by atoms with Gasteiger partial charge in [0, 0.05) is 17.6 Å². The first-order valence-electron chi connectivity index (χ1n) is 4.41. The highest BCUT2D eigenvalue weighted by atomic mass is 79.9. The second-order valence-corrected chi connectivity index (χ2v) is 3.79. The number of rotatable bonds is 4. The molecule has 0 aliphatic rings. The van der Waals surface area contributed by atoms with E-state index in [0.29, 0.717) is 10.2 Å². The quantitative estimate of drug-likeness (QED) is 0.914. The zero-order valence-electron chi connectivity index (χ0n) is 8.22. The molecule has 1 rings (SSSR count). The molecule has 0 aliphatic carbocycles. The molecule has 5 heteroatoms. The highest BCUT2D eigenvalue weighted by Gasteiger charge is 2.01. The van der Waals surface area contributed by atoms with Crippen LogP contribution in [0, 0.1) is 5.82 Å². The molecule has 0 saturated carbocycles. The third-order valence-corrected chi connectivity index (χ3v) is 2.17. The van der Waals surface area contributed by atoms with Gasteiger partial charge in [0.2, 0.25) is 5.91 Å². The molecular weight excluding hydrogens is 265 g/mol. The second kappa shape index (κ2) is 5.70. The Morgan fingerprint density at radius 1 is 1.53 bits per heavy atom. The van der Waals surface area contributed by atoms with Gasteiger partial charge in [-0.05, 0) is 12.1 Å². The van der Waals surface area contributed by atoms with Crippen LogP contribution < -0.4 is 10.1 Å². The lowest BCUT2D eigenvalue weighted by atomic mass is 10.3. The number of ether oxygens (including phenoxy) is 1. The van der Waals surface area contributed by atoms with Crippen LogP contribution in [0.5, 0.6) is 5.75 Å². The van der Waals surface area contributed by atoms with E-state index in [1.807, 2.05) is 0 Å². The smallest absolute Gasteiger partial charge is 0.223 e. The van der Waals surface area contributed by atoms with Gasteiger partial charge in [-0.15, -0.1) is 0 Å². The van der Waals surface area contributed by atoms with Crippen molar-refractivity contribution in [2.24, 2.45) is 0 Å². The Kier molecular flexibility index (Phi) is 4.55. The maximum Gasteiger partial charge on any atom is 0.223 e. The number of halogens is 2. The van der Waals surface area contributed by atoms with Gasteiger partial charge in [0.25, 0.3) is 0 Å². The summed E-state index contributed by atoms with van der Waals surface area (Å²) in [4.78, 5) is 10.9. The molecule has 0 bridgehead atoms. The maximum absolute atomic E-state index is 12.9. The lowest BCUT2D eigenvalue weighted by Gasteiger charge is -2.06. The van der Waals surface area contributed by atoms with Crippen LogP contribution >= 0.6 is 15.9 Å². The predicted octanol–water partition coefficient (Wildman–Crippen LogP) is 2.10. The summed E-state index contributed by atoms with van der Waals surface area (Å²) >= 11 is 3.15. The molecular formula is C10H11BrFNO2. The second-order valence-electron chi connectivity index (χ2n) is 2.88. The predicted molar refractivity (Wildman–Crippen MR) is 58.3 cm³/mol. The van der Waals surface area contributed by atoms with E-state index in [-0.39, 0.29) is 24.8 Å². The molecule has 15 heavy (non-hydrogen) atoms. The lowest BCUT2D eigenvalue weighted by molar-refractivity contribution is -0.121. The Morgan fingerprint density at radius 2 is 2.27 bits per heavy atom. The van der Waals surface area contributed by atoms with Gasteiger partial charge in [0.05, 0.1) is 13.0 Å². The minimum atomic E-state index is -0.376. The third kappa shape index (κ3) is 4.29. The Morgan fingerprint density at radius 3 is 2.87 bits per heavy atom. The number of carbonyl (C=O) groups is 1. The van der Waals surface area contributed by atoms with E-state index in [1.54, 1.807) is 13.1 Å². The topological polar surface area (TPSA) is 38.3 Å². The Hall–Kier alpha value is -1.10.